The molecule has 2 aliphatic rings. The van der Waals surface area contributed by atoms with E-state index in [1.807, 2.05) is 50.2 Å². The molecule has 2 aliphatic heterocycles. The Morgan fingerprint density at radius 3 is 2.70 bits per heavy atom. The number of carbonyl (C=O) groups is 3. The number of para-hydroxylation sites is 1. The summed E-state index contributed by atoms with van der Waals surface area (Å²) in [6, 6.07) is 19.4. The van der Waals surface area contributed by atoms with Gasteiger partial charge < -0.3 is 34.1 Å². The van der Waals surface area contributed by atoms with Crippen molar-refractivity contribution in [3.8, 4) is 17.2 Å². The van der Waals surface area contributed by atoms with Crippen LogP contribution in [0.3, 0.4) is 0 Å². The van der Waals surface area contributed by atoms with Crippen LogP contribution < -0.4 is 14.8 Å². The lowest BCUT2D eigenvalue weighted by atomic mass is 10.1. The van der Waals surface area contributed by atoms with Crippen molar-refractivity contribution in [2.75, 3.05) is 46.5 Å². The van der Waals surface area contributed by atoms with Gasteiger partial charge in [0.05, 0.1) is 37.5 Å². The summed E-state index contributed by atoms with van der Waals surface area (Å²) < 4.78 is 23.7. The van der Waals surface area contributed by atoms with Crippen molar-refractivity contribution in [1.82, 2.24) is 15.1 Å². The van der Waals surface area contributed by atoms with E-state index in [0.717, 1.165) is 11.1 Å². The molecule has 10 heteroatoms. The van der Waals surface area contributed by atoms with Crippen LogP contribution in [0.5, 0.6) is 17.2 Å². The number of nitrogens with one attached hydrogen (secondary N) is 1. The molecular weight excluding hydrogens is 550 g/mol. The van der Waals surface area contributed by atoms with Gasteiger partial charge in [0, 0.05) is 32.3 Å². The second kappa shape index (κ2) is 13.7. The van der Waals surface area contributed by atoms with Crippen LogP contribution in [0.25, 0.3) is 0 Å². The Kier molecular flexibility index (Phi) is 9.58. The lowest BCUT2D eigenvalue weighted by molar-refractivity contribution is -0.123. The number of aryl methyl sites for hydroxylation is 1. The van der Waals surface area contributed by atoms with E-state index < -0.39 is 12.1 Å². The number of likely N-dealkylation sites (N-methyl/N-ethyl adjacent to an activating group) is 1. The van der Waals surface area contributed by atoms with E-state index in [1.165, 1.54) is 4.90 Å². The van der Waals surface area contributed by atoms with E-state index in [2.05, 4.69) is 5.32 Å². The van der Waals surface area contributed by atoms with Gasteiger partial charge >= 0.3 is 0 Å². The van der Waals surface area contributed by atoms with Gasteiger partial charge in [0.25, 0.3) is 11.8 Å². The molecule has 2 atom stereocenters. The quantitative estimate of drug-likeness (QED) is 0.437. The maximum atomic E-state index is 13.7. The van der Waals surface area contributed by atoms with Crippen LogP contribution in [-0.4, -0.2) is 86.2 Å². The molecule has 43 heavy (non-hydrogen) atoms. The fraction of sp³-hybridized carbons (Fsp3) is 0.364. The monoisotopic (exact) mass is 587 g/mol. The number of fused-ring (bicyclic) bond motifs is 5. The van der Waals surface area contributed by atoms with Gasteiger partial charge in [0.2, 0.25) is 5.91 Å². The molecule has 3 aromatic carbocycles. The van der Waals surface area contributed by atoms with Gasteiger partial charge in [-0.1, -0.05) is 30.3 Å². The van der Waals surface area contributed by atoms with Crippen molar-refractivity contribution in [1.29, 1.82) is 0 Å². The molecule has 0 unspecified atom stereocenters. The molecule has 0 saturated carbocycles. The van der Waals surface area contributed by atoms with Crippen molar-refractivity contribution in [3.63, 3.8) is 0 Å². The maximum Gasteiger partial charge on any atom is 0.257 e. The van der Waals surface area contributed by atoms with Crippen LogP contribution in [0.1, 0.15) is 38.8 Å². The number of hydrogen-bond acceptors (Lipinski definition) is 7. The Hall–Kier alpha value is -4.41. The lowest BCUT2D eigenvalue weighted by Crippen LogP contribution is -2.48. The van der Waals surface area contributed by atoms with Gasteiger partial charge in [-0.15, -0.1) is 0 Å². The average molecular weight is 588 g/mol. The third kappa shape index (κ3) is 7.33. The van der Waals surface area contributed by atoms with Crippen LogP contribution in [0.2, 0.25) is 0 Å². The predicted octanol–water partition coefficient (Wildman–Crippen LogP) is 3.81. The summed E-state index contributed by atoms with van der Waals surface area (Å²) in [5, 5.41) is 3.01. The third-order valence-electron chi connectivity index (χ3n) is 7.46. The van der Waals surface area contributed by atoms with Crippen molar-refractivity contribution in [2.45, 2.75) is 32.6 Å². The largest absolute Gasteiger partial charge is 0.490 e. The van der Waals surface area contributed by atoms with Gasteiger partial charge in [-0.05, 0) is 61.4 Å². The van der Waals surface area contributed by atoms with Crippen LogP contribution in [0.15, 0.2) is 66.7 Å². The Labute approximate surface area is 251 Å². The molecule has 5 rings (SSSR count). The highest BCUT2D eigenvalue weighted by molar-refractivity contribution is 5.98. The van der Waals surface area contributed by atoms with E-state index >= 15 is 0 Å². The molecule has 4 bridgehead atoms. The fourth-order valence-electron chi connectivity index (χ4n) is 5.17. The first-order chi connectivity index (χ1) is 20.8. The Morgan fingerprint density at radius 1 is 1.02 bits per heavy atom. The van der Waals surface area contributed by atoms with Gasteiger partial charge in [-0.3, -0.25) is 14.4 Å². The van der Waals surface area contributed by atoms with Crippen LogP contribution in [-0.2, 0) is 20.9 Å². The molecule has 1 saturated heterocycles. The first-order valence-corrected chi connectivity index (χ1v) is 14.4. The predicted molar refractivity (Wildman–Crippen MR) is 159 cm³/mol. The summed E-state index contributed by atoms with van der Waals surface area (Å²) in [5.41, 5.74) is 2.59. The summed E-state index contributed by atoms with van der Waals surface area (Å²) in [6.45, 7) is 5.75. The number of carbonyl (C=O) groups excluding carboxylic acids is 3. The molecule has 3 aromatic rings. The molecule has 2 heterocycles. The zero-order chi connectivity index (χ0) is 30.3. The van der Waals surface area contributed by atoms with E-state index in [-0.39, 0.29) is 44.0 Å². The third-order valence-corrected chi connectivity index (χ3v) is 7.46. The summed E-state index contributed by atoms with van der Waals surface area (Å²) >= 11 is 0. The van der Waals surface area contributed by atoms with E-state index in [4.69, 9.17) is 18.9 Å². The van der Waals surface area contributed by atoms with Crippen molar-refractivity contribution < 1.29 is 33.3 Å². The van der Waals surface area contributed by atoms with Crippen LogP contribution in [0.4, 0.5) is 0 Å². The molecular formula is C33H37N3O7. The van der Waals surface area contributed by atoms with E-state index in [9.17, 15) is 14.4 Å². The molecule has 226 valence electrons. The van der Waals surface area contributed by atoms with Crippen molar-refractivity contribution in [3.05, 3.63) is 89.0 Å². The molecule has 0 radical (unpaired) electrons. The number of amides is 3. The van der Waals surface area contributed by atoms with Gasteiger partial charge in [0.15, 0.2) is 0 Å². The van der Waals surface area contributed by atoms with Gasteiger partial charge in [-0.2, -0.15) is 0 Å². The number of benzene rings is 3. The molecule has 1 N–H and O–H groups in total. The summed E-state index contributed by atoms with van der Waals surface area (Å²) in [4.78, 5) is 43.1. The molecule has 0 spiro atoms. The number of nitrogens with zero attached hydrogens (tertiary/aromatic N) is 2. The fourth-order valence-corrected chi connectivity index (χ4v) is 5.17. The molecule has 1 fully saturated rings. The molecule has 3 amide bonds. The molecule has 0 aliphatic carbocycles. The minimum absolute atomic E-state index is 0.157. The van der Waals surface area contributed by atoms with Gasteiger partial charge in [-0.25, -0.2) is 0 Å². The highest BCUT2D eigenvalue weighted by atomic mass is 16.5. The Bertz CT molecular complexity index is 1480. The standard InChI is InChI=1S/C33H37N3O7/c1-4-40-14-15-41-28-11-6-5-10-26(28)33(39)36-18-27-30(19-36)42-21-23-8-7-9-25(16-23)43-29-17-24(13-12-22(29)2)32(38)35(3)20-31(37)34-27/h5-13,16-17,27,30H,4,14-15,18-21H2,1-3H3,(H,34,37)/t27-,30-/m0/s1. The Balaban J connectivity index is 1.38. The zero-order valence-corrected chi connectivity index (χ0v) is 24.7. The summed E-state index contributed by atoms with van der Waals surface area (Å²) in [7, 11) is 1.58. The second-order valence-corrected chi connectivity index (χ2v) is 10.7. The number of hydrogen-bond donors (Lipinski definition) is 1. The maximum absolute atomic E-state index is 13.7. The highest BCUT2D eigenvalue weighted by Gasteiger charge is 2.38. The zero-order valence-electron chi connectivity index (χ0n) is 24.7. The summed E-state index contributed by atoms with van der Waals surface area (Å²) in [6.07, 6.45) is -0.479. The smallest absolute Gasteiger partial charge is 0.257 e. The number of ether oxygens (including phenoxy) is 4. The van der Waals surface area contributed by atoms with E-state index in [1.54, 1.807) is 42.3 Å². The van der Waals surface area contributed by atoms with E-state index in [0.29, 0.717) is 48.2 Å². The minimum atomic E-state index is -0.482. The SMILES string of the molecule is CCOCCOc1ccccc1C(=O)N1C[C@@H]2NC(=O)CN(C)C(=O)c3ccc(C)c(c3)Oc3cccc(c3)CO[C@H]2C1. The highest BCUT2D eigenvalue weighted by Crippen LogP contribution is 2.29. The molecule has 10 nitrogen and oxygen atoms in total. The second-order valence-electron chi connectivity index (χ2n) is 10.7. The van der Waals surface area contributed by atoms with Crippen molar-refractivity contribution in [2.24, 2.45) is 0 Å². The van der Waals surface area contributed by atoms with Crippen molar-refractivity contribution >= 4 is 17.7 Å². The first kappa shape index (κ1) is 30.1. The summed E-state index contributed by atoms with van der Waals surface area (Å²) in [5.74, 6) is 0.766. The Morgan fingerprint density at radius 2 is 1.86 bits per heavy atom. The number of rotatable bonds is 6. The van der Waals surface area contributed by atoms with Gasteiger partial charge in [0.1, 0.15) is 23.9 Å². The van der Waals surface area contributed by atoms with Crippen LogP contribution in [0, 0.1) is 6.92 Å². The number of likely N-dealkylation sites (tertiary alicyclic amines) is 1. The van der Waals surface area contributed by atoms with Crippen LogP contribution >= 0.6 is 0 Å². The minimum Gasteiger partial charge on any atom is -0.490 e. The average Bonchev–Trinajstić information content (AvgIpc) is 3.40. The first-order valence-electron chi connectivity index (χ1n) is 14.4. The normalized spacial score (nSPS) is 19.0. The topological polar surface area (TPSA) is 107 Å². The lowest BCUT2D eigenvalue weighted by Gasteiger charge is -2.23. The molecule has 0 aromatic heterocycles.